The number of rotatable bonds is 2. The fourth-order valence-electron chi connectivity index (χ4n) is 2.38. The van der Waals surface area contributed by atoms with E-state index in [1.807, 2.05) is 39.8 Å². The van der Waals surface area contributed by atoms with Crippen LogP contribution < -0.4 is 0 Å². The van der Waals surface area contributed by atoms with E-state index in [0.29, 0.717) is 5.56 Å². The Morgan fingerprint density at radius 3 is 2.11 bits per heavy atom. The molecule has 2 aromatic rings. The molecule has 100 valence electrons. The molecule has 0 aliphatic heterocycles. The normalized spacial score (nSPS) is 12.5. The van der Waals surface area contributed by atoms with Gasteiger partial charge in [-0.1, -0.05) is 18.2 Å². The zero-order valence-electron chi connectivity index (χ0n) is 11.8. The van der Waals surface area contributed by atoms with E-state index in [1.54, 1.807) is 0 Å². The first kappa shape index (κ1) is 13.8. The average molecular weight is 258 g/mol. The first-order valence-electron chi connectivity index (χ1n) is 6.41. The third-order valence-corrected chi connectivity index (χ3v) is 3.56. The van der Waals surface area contributed by atoms with E-state index < -0.39 is 6.10 Å². The largest absolute Gasteiger partial charge is 0.384 e. The highest BCUT2D eigenvalue weighted by atomic mass is 19.1. The number of benzene rings is 2. The number of aliphatic hydroxyl groups excluding tert-OH is 1. The summed E-state index contributed by atoms with van der Waals surface area (Å²) in [7, 11) is 0. The lowest BCUT2D eigenvalue weighted by molar-refractivity contribution is 0.219. The van der Waals surface area contributed by atoms with Crippen molar-refractivity contribution in [3.63, 3.8) is 0 Å². The van der Waals surface area contributed by atoms with Gasteiger partial charge in [0, 0.05) is 0 Å². The summed E-state index contributed by atoms with van der Waals surface area (Å²) in [6.07, 6.45) is -0.784. The van der Waals surface area contributed by atoms with Crippen LogP contribution in [0.3, 0.4) is 0 Å². The molecule has 0 aliphatic carbocycles. The van der Waals surface area contributed by atoms with Gasteiger partial charge in [-0.25, -0.2) is 4.39 Å². The predicted molar refractivity (Wildman–Crippen MR) is 75.9 cm³/mol. The van der Waals surface area contributed by atoms with Gasteiger partial charge < -0.3 is 5.11 Å². The lowest BCUT2D eigenvalue weighted by Crippen LogP contribution is -2.04. The van der Waals surface area contributed by atoms with Gasteiger partial charge in [0.1, 0.15) is 11.9 Å². The Morgan fingerprint density at radius 1 is 0.842 bits per heavy atom. The molecule has 2 heteroatoms. The molecule has 1 unspecified atom stereocenters. The van der Waals surface area contributed by atoms with Gasteiger partial charge in [0.05, 0.1) is 0 Å². The monoisotopic (exact) mass is 258 g/mol. The molecule has 0 saturated carbocycles. The Hall–Kier alpha value is -1.67. The molecule has 0 aliphatic rings. The highest BCUT2D eigenvalue weighted by Gasteiger charge is 2.15. The van der Waals surface area contributed by atoms with Crippen LogP contribution in [0, 0.1) is 33.5 Å². The zero-order chi connectivity index (χ0) is 14.2. The predicted octanol–water partition coefficient (Wildman–Crippen LogP) is 4.14. The van der Waals surface area contributed by atoms with Gasteiger partial charge >= 0.3 is 0 Å². The van der Waals surface area contributed by atoms with E-state index in [4.69, 9.17) is 0 Å². The van der Waals surface area contributed by atoms with Crippen molar-refractivity contribution in [2.45, 2.75) is 33.8 Å². The number of aryl methyl sites for hydroxylation is 4. The van der Waals surface area contributed by atoms with Crippen LogP contribution in [0.25, 0.3) is 0 Å². The number of hydrogen-bond donors (Lipinski definition) is 1. The lowest BCUT2D eigenvalue weighted by atomic mass is 9.93. The SMILES string of the molecule is Cc1cc(F)cc(C(O)c2cc(C)c(C)cc2C)c1. The van der Waals surface area contributed by atoms with E-state index >= 15 is 0 Å². The summed E-state index contributed by atoms with van der Waals surface area (Å²) in [5.41, 5.74) is 5.61. The third kappa shape index (κ3) is 2.85. The molecule has 0 aromatic heterocycles. The molecule has 0 bridgehead atoms. The standard InChI is InChI=1S/C17H19FO/c1-10-5-14(9-15(18)6-10)17(19)16-8-12(3)11(2)7-13(16)4/h5-9,17,19H,1-4H3. The average Bonchev–Trinajstić information content (AvgIpc) is 2.31. The van der Waals surface area contributed by atoms with Crippen molar-refractivity contribution >= 4 is 0 Å². The maximum atomic E-state index is 13.4. The molecule has 0 saturated heterocycles. The van der Waals surface area contributed by atoms with Gasteiger partial charge in [-0.2, -0.15) is 0 Å². The molecule has 0 fully saturated rings. The first-order chi connectivity index (χ1) is 8.88. The zero-order valence-corrected chi connectivity index (χ0v) is 11.8. The fraction of sp³-hybridized carbons (Fsp3) is 0.294. The van der Waals surface area contributed by atoms with Gasteiger partial charge in [0.15, 0.2) is 0 Å². The van der Waals surface area contributed by atoms with Gasteiger partial charge in [-0.15, -0.1) is 0 Å². The number of hydrogen-bond acceptors (Lipinski definition) is 1. The van der Waals surface area contributed by atoms with E-state index in [0.717, 1.165) is 22.3 Å². The molecular weight excluding hydrogens is 239 g/mol. The molecule has 0 radical (unpaired) electrons. The Morgan fingerprint density at radius 2 is 1.47 bits per heavy atom. The Bertz CT molecular complexity index is 597. The molecule has 1 nitrogen and oxygen atoms in total. The first-order valence-corrected chi connectivity index (χ1v) is 6.41. The second kappa shape index (κ2) is 5.14. The minimum absolute atomic E-state index is 0.310. The minimum Gasteiger partial charge on any atom is -0.384 e. The Balaban J connectivity index is 2.49. The fourth-order valence-corrected chi connectivity index (χ4v) is 2.38. The minimum atomic E-state index is -0.784. The summed E-state index contributed by atoms with van der Waals surface area (Å²) < 4.78 is 13.4. The summed E-state index contributed by atoms with van der Waals surface area (Å²) in [6, 6.07) is 8.72. The van der Waals surface area contributed by atoms with Crippen LogP contribution in [0.15, 0.2) is 30.3 Å². The van der Waals surface area contributed by atoms with Gasteiger partial charge in [-0.3, -0.25) is 0 Å². The Labute approximate surface area is 113 Å². The van der Waals surface area contributed by atoms with Crippen LogP contribution in [-0.4, -0.2) is 5.11 Å². The molecule has 0 heterocycles. The van der Waals surface area contributed by atoms with Crippen molar-refractivity contribution in [2.75, 3.05) is 0 Å². The van der Waals surface area contributed by atoms with Gasteiger partial charge in [-0.05, 0) is 73.2 Å². The van der Waals surface area contributed by atoms with Crippen LogP contribution in [0.4, 0.5) is 4.39 Å². The van der Waals surface area contributed by atoms with Crippen molar-refractivity contribution in [3.05, 3.63) is 69.5 Å². The van der Waals surface area contributed by atoms with Crippen molar-refractivity contribution in [2.24, 2.45) is 0 Å². The quantitative estimate of drug-likeness (QED) is 0.858. The Kier molecular flexibility index (Phi) is 3.72. The number of aliphatic hydroxyl groups is 1. The van der Waals surface area contributed by atoms with Gasteiger partial charge in [0.25, 0.3) is 0 Å². The third-order valence-electron chi connectivity index (χ3n) is 3.56. The van der Waals surface area contributed by atoms with Crippen molar-refractivity contribution in [1.29, 1.82) is 0 Å². The molecule has 0 spiro atoms. The van der Waals surface area contributed by atoms with Crippen molar-refractivity contribution < 1.29 is 9.50 Å². The molecule has 2 rings (SSSR count). The summed E-state index contributed by atoms with van der Waals surface area (Å²) in [5, 5.41) is 10.5. The maximum absolute atomic E-state index is 13.4. The second-order valence-corrected chi connectivity index (χ2v) is 5.26. The second-order valence-electron chi connectivity index (χ2n) is 5.26. The van der Waals surface area contributed by atoms with E-state index in [9.17, 15) is 9.50 Å². The van der Waals surface area contributed by atoms with Gasteiger partial charge in [0.2, 0.25) is 0 Å². The molecular formula is C17H19FO. The molecule has 0 amide bonds. The molecule has 2 aromatic carbocycles. The summed E-state index contributed by atoms with van der Waals surface area (Å²) in [5.74, 6) is -0.310. The highest BCUT2D eigenvalue weighted by Crippen LogP contribution is 2.28. The molecule has 1 N–H and O–H groups in total. The number of halogens is 1. The highest BCUT2D eigenvalue weighted by molar-refractivity contribution is 5.42. The van der Waals surface area contributed by atoms with E-state index in [1.165, 1.54) is 17.7 Å². The van der Waals surface area contributed by atoms with Crippen molar-refractivity contribution in [3.8, 4) is 0 Å². The van der Waals surface area contributed by atoms with E-state index in [-0.39, 0.29) is 5.82 Å². The van der Waals surface area contributed by atoms with Crippen LogP contribution in [0.5, 0.6) is 0 Å². The van der Waals surface area contributed by atoms with Crippen LogP contribution in [-0.2, 0) is 0 Å². The topological polar surface area (TPSA) is 20.2 Å². The molecule has 1 atom stereocenters. The van der Waals surface area contributed by atoms with Crippen LogP contribution in [0.2, 0.25) is 0 Å². The summed E-state index contributed by atoms with van der Waals surface area (Å²) in [4.78, 5) is 0. The van der Waals surface area contributed by atoms with Crippen molar-refractivity contribution in [1.82, 2.24) is 0 Å². The summed E-state index contributed by atoms with van der Waals surface area (Å²) >= 11 is 0. The van der Waals surface area contributed by atoms with Crippen LogP contribution in [0.1, 0.15) is 39.5 Å². The van der Waals surface area contributed by atoms with E-state index in [2.05, 4.69) is 6.07 Å². The maximum Gasteiger partial charge on any atom is 0.123 e. The lowest BCUT2D eigenvalue weighted by Gasteiger charge is -2.17. The molecule has 19 heavy (non-hydrogen) atoms. The van der Waals surface area contributed by atoms with Crippen LogP contribution >= 0.6 is 0 Å². The smallest absolute Gasteiger partial charge is 0.123 e. The summed E-state index contributed by atoms with van der Waals surface area (Å²) in [6.45, 7) is 7.86.